The molecule has 8 nitrogen and oxygen atoms in total. The third kappa shape index (κ3) is 6.30. The van der Waals surface area contributed by atoms with Gasteiger partial charge in [-0.05, 0) is 61.0 Å². The highest BCUT2D eigenvalue weighted by molar-refractivity contribution is 9.10. The quantitative estimate of drug-likeness (QED) is 0.196. The Kier molecular flexibility index (Phi) is 9.45. The Labute approximate surface area is 284 Å². The van der Waals surface area contributed by atoms with Gasteiger partial charge in [-0.25, -0.2) is 0 Å². The largest absolute Gasteiger partial charge is 0.395 e. The van der Waals surface area contributed by atoms with E-state index in [0.717, 1.165) is 27.7 Å². The molecular formula is C36H41BrFN3O5Si. The first-order valence-electron chi connectivity index (χ1n) is 16.2. The van der Waals surface area contributed by atoms with Gasteiger partial charge in [-0.3, -0.25) is 14.4 Å². The second-order valence-electron chi connectivity index (χ2n) is 13.4. The van der Waals surface area contributed by atoms with E-state index < -0.39 is 31.6 Å². The summed E-state index contributed by atoms with van der Waals surface area (Å²) in [5, 5.41) is 9.77. The summed E-state index contributed by atoms with van der Waals surface area (Å²) < 4.78 is 23.9. The number of rotatable bonds is 10. The minimum atomic E-state index is -3.48. The molecule has 0 unspecified atom stereocenters. The highest BCUT2D eigenvalue weighted by atomic mass is 79.9. The molecule has 0 bridgehead atoms. The van der Waals surface area contributed by atoms with Crippen LogP contribution in [0.5, 0.6) is 0 Å². The maximum Gasteiger partial charge on any atom is 0.264 e. The molecule has 6 rings (SSSR count). The first-order chi connectivity index (χ1) is 22.4. The number of fused-ring (bicyclic) bond motifs is 2. The fraction of sp³-hybridized carbons (Fsp3) is 0.417. The predicted molar refractivity (Wildman–Crippen MR) is 185 cm³/mol. The van der Waals surface area contributed by atoms with Crippen LogP contribution in [0.1, 0.15) is 42.9 Å². The SMILES string of the molecule is C[C@@H]1[C@@H]([Si](C)(C)F)[C@H](CC(=O)N(CCO)Cc2ccccc2)O[C@@]12C(=O)N(Cc1ccc(N3CCCC3=O)cc1)c1ccc(Br)cc12. The van der Waals surface area contributed by atoms with Gasteiger partial charge in [0.2, 0.25) is 20.2 Å². The van der Waals surface area contributed by atoms with Crippen molar-refractivity contribution in [3.63, 3.8) is 0 Å². The Morgan fingerprint density at radius 1 is 1.09 bits per heavy atom. The smallest absolute Gasteiger partial charge is 0.264 e. The third-order valence-corrected chi connectivity index (χ3v) is 12.8. The van der Waals surface area contributed by atoms with Crippen LogP contribution >= 0.6 is 15.9 Å². The number of aliphatic hydroxyl groups is 1. The number of hydrogen-bond donors (Lipinski definition) is 1. The molecule has 2 saturated heterocycles. The number of amides is 3. The van der Waals surface area contributed by atoms with Gasteiger partial charge in [0.1, 0.15) is 0 Å². The number of carbonyl (C=O) groups is 3. The lowest BCUT2D eigenvalue weighted by molar-refractivity contribution is -0.150. The Morgan fingerprint density at radius 2 is 1.81 bits per heavy atom. The van der Waals surface area contributed by atoms with Gasteiger partial charge >= 0.3 is 0 Å². The zero-order valence-corrected chi connectivity index (χ0v) is 29.6. The van der Waals surface area contributed by atoms with Crippen LogP contribution in [0.2, 0.25) is 18.6 Å². The fourth-order valence-corrected chi connectivity index (χ4v) is 10.6. The van der Waals surface area contributed by atoms with Crippen LogP contribution in [0, 0.1) is 5.92 Å². The number of aliphatic hydroxyl groups excluding tert-OH is 1. The first-order valence-corrected chi connectivity index (χ1v) is 20.0. The van der Waals surface area contributed by atoms with Gasteiger partial charge in [-0.15, -0.1) is 0 Å². The summed E-state index contributed by atoms with van der Waals surface area (Å²) >= 11 is 3.58. The minimum Gasteiger partial charge on any atom is -0.395 e. The lowest BCUT2D eigenvalue weighted by Crippen LogP contribution is -2.45. The number of hydrogen-bond acceptors (Lipinski definition) is 5. The molecule has 0 radical (unpaired) electrons. The van der Waals surface area contributed by atoms with Gasteiger partial charge in [-0.2, -0.15) is 0 Å². The second kappa shape index (κ2) is 13.3. The normalized spacial score (nSPS) is 24.0. The van der Waals surface area contributed by atoms with Crippen LogP contribution in [-0.2, 0) is 37.8 Å². The van der Waals surface area contributed by atoms with E-state index in [1.807, 2.05) is 79.7 Å². The Balaban J connectivity index is 1.31. The molecule has 1 N–H and O–H groups in total. The van der Waals surface area contributed by atoms with Gasteiger partial charge in [-0.1, -0.05) is 65.3 Å². The molecule has 3 heterocycles. The Hall–Kier alpha value is -3.38. The topological polar surface area (TPSA) is 90.4 Å². The van der Waals surface area contributed by atoms with Crippen LogP contribution in [0.15, 0.2) is 77.3 Å². The van der Waals surface area contributed by atoms with E-state index in [1.54, 1.807) is 27.8 Å². The third-order valence-electron chi connectivity index (χ3n) is 9.90. The zero-order valence-electron chi connectivity index (χ0n) is 27.0. The summed E-state index contributed by atoms with van der Waals surface area (Å²) in [6.07, 6.45) is 0.467. The van der Waals surface area contributed by atoms with Crippen molar-refractivity contribution in [2.75, 3.05) is 29.5 Å². The van der Waals surface area contributed by atoms with Crippen molar-refractivity contribution in [2.24, 2.45) is 5.92 Å². The molecule has 3 aromatic carbocycles. The number of nitrogens with zero attached hydrogens (tertiary/aromatic N) is 3. The highest BCUT2D eigenvalue weighted by Gasteiger charge is 2.67. The Morgan fingerprint density at radius 3 is 2.45 bits per heavy atom. The molecule has 2 fully saturated rings. The van der Waals surface area contributed by atoms with Gasteiger partial charge in [0.05, 0.1) is 31.4 Å². The average Bonchev–Trinajstić information content (AvgIpc) is 3.66. The minimum absolute atomic E-state index is 0.1000. The molecule has 4 atom stereocenters. The number of benzene rings is 3. The summed E-state index contributed by atoms with van der Waals surface area (Å²) in [6, 6.07) is 22.9. The molecule has 0 aliphatic carbocycles. The summed E-state index contributed by atoms with van der Waals surface area (Å²) in [6.45, 7) is 6.33. The van der Waals surface area contributed by atoms with E-state index in [-0.39, 0.29) is 43.8 Å². The van der Waals surface area contributed by atoms with Crippen molar-refractivity contribution in [1.29, 1.82) is 0 Å². The van der Waals surface area contributed by atoms with Crippen LogP contribution in [0.25, 0.3) is 0 Å². The molecule has 3 aliphatic heterocycles. The van der Waals surface area contributed by atoms with Gasteiger partial charge in [0.25, 0.3) is 5.91 Å². The molecule has 11 heteroatoms. The molecular weight excluding hydrogens is 681 g/mol. The zero-order chi connectivity index (χ0) is 33.5. The second-order valence-corrected chi connectivity index (χ2v) is 18.1. The van der Waals surface area contributed by atoms with Crippen molar-refractivity contribution in [3.05, 3.63) is 94.0 Å². The van der Waals surface area contributed by atoms with E-state index in [2.05, 4.69) is 15.9 Å². The molecule has 248 valence electrons. The number of ether oxygens (including phenoxy) is 1. The summed E-state index contributed by atoms with van der Waals surface area (Å²) in [4.78, 5) is 45.8. The predicted octanol–water partition coefficient (Wildman–Crippen LogP) is 6.31. The number of carbonyl (C=O) groups excluding carboxylic acids is 3. The molecule has 3 amide bonds. The van der Waals surface area contributed by atoms with Crippen molar-refractivity contribution in [3.8, 4) is 0 Å². The number of halogens is 2. The molecule has 0 aromatic heterocycles. The van der Waals surface area contributed by atoms with E-state index in [1.165, 1.54) is 0 Å². The lowest BCUT2D eigenvalue weighted by Gasteiger charge is -2.31. The van der Waals surface area contributed by atoms with Crippen molar-refractivity contribution >= 4 is 53.4 Å². The van der Waals surface area contributed by atoms with E-state index in [0.29, 0.717) is 30.8 Å². The van der Waals surface area contributed by atoms with Gasteiger partial charge in [0.15, 0.2) is 5.60 Å². The van der Waals surface area contributed by atoms with Crippen LogP contribution in [-0.4, -0.2) is 61.9 Å². The van der Waals surface area contributed by atoms with Gasteiger partial charge in [0, 0.05) is 53.2 Å². The maximum atomic E-state index is 16.3. The number of anilines is 2. The summed E-state index contributed by atoms with van der Waals surface area (Å²) in [5.74, 6) is -0.954. The van der Waals surface area contributed by atoms with Crippen molar-refractivity contribution < 1.29 is 28.3 Å². The fourth-order valence-electron chi connectivity index (χ4n) is 7.78. The van der Waals surface area contributed by atoms with Crippen LogP contribution in [0.4, 0.5) is 15.5 Å². The monoisotopic (exact) mass is 721 g/mol. The summed E-state index contributed by atoms with van der Waals surface area (Å²) in [5.41, 5.74) is 1.90. The van der Waals surface area contributed by atoms with Crippen molar-refractivity contribution in [2.45, 2.75) is 69.6 Å². The van der Waals surface area contributed by atoms with E-state index >= 15 is 4.11 Å². The standard InChI is InChI=1S/C36H41BrFN3O5Si/c1-24-34(47(2,3)38)31(21-33(44)39(18-19-42)22-25-8-5-4-6-9-25)46-36(24)29-20-27(37)13-16-30(29)41(35(36)45)23-26-11-14-28(15-12-26)40-17-7-10-32(40)43/h4-6,8-9,11-16,20,24,31,34,42H,7,10,17-19,21-23H2,1-3H3/t24-,31+,34-,36+/m1/s1. The lowest BCUT2D eigenvalue weighted by atomic mass is 9.82. The van der Waals surface area contributed by atoms with Gasteiger partial charge < -0.3 is 28.7 Å². The molecule has 47 heavy (non-hydrogen) atoms. The van der Waals surface area contributed by atoms with E-state index in [9.17, 15) is 19.5 Å². The first kappa shape index (κ1) is 33.5. The van der Waals surface area contributed by atoms with Crippen LogP contribution in [0.3, 0.4) is 0 Å². The summed E-state index contributed by atoms with van der Waals surface area (Å²) in [7, 11) is -3.48. The Bertz CT molecular complexity index is 1650. The molecule has 3 aromatic rings. The van der Waals surface area contributed by atoms with E-state index in [4.69, 9.17) is 4.74 Å². The molecule has 1 spiro atoms. The average molecular weight is 723 g/mol. The van der Waals surface area contributed by atoms with Crippen LogP contribution < -0.4 is 9.80 Å². The molecule has 3 aliphatic rings. The maximum absolute atomic E-state index is 16.3. The highest BCUT2D eigenvalue weighted by Crippen LogP contribution is 2.60. The van der Waals surface area contributed by atoms with Crippen molar-refractivity contribution in [1.82, 2.24) is 4.90 Å². The molecule has 0 saturated carbocycles.